The Morgan fingerprint density at radius 2 is 2.07 bits per heavy atom. The predicted molar refractivity (Wildman–Crippen MR) is 115 cm³/mol. The zero-order valence-electron chi connectivity index (χ0n) is 17.2. The zero-order chi connectivity index (χ0) is 21.2. The van der Waals surface area contributed by atoms with Crippen LogP contribution in [0, 0.1) is 0 Å². The van der Waals surface area contributed by atoms with Gasteiger partial charge in [-0.15, -0.1) is 0 Å². The highest BCUT2D eigenvalue weighted by atomic mass is 35.5. The molecule has 2 aromatic heterocycles. The third-order valence-electron chi connectivity index (χ3n) is 4.36. The summed E-state index contributed by atoms with van der Waals surface area (Å²) in [5, 5.41) is 5.58. The quantitative estimate of drug-likeness (QED) is 0.303. The van der Waals surface area contributed by atoms with Crippen LogP contribution in [0.15, 0.2) is 32.7 Å². The van der Waals surface area contributed by atoms with Gasteiger partial charge >= 0.3 is 0 Å². The number of hydrogen-bond acceptors (Lipinski definition) is 7. The fraction of sp³-hybridized carbons (Fsp3) is 0.500. The summed E-state index contributed by atoms with van der Waals surface area (Å²) >= 11 is 7.52. The van der Waals surface area contributed by atoms with Crippen LogP contribution in [-0.4, -0.2) is 33.4 Å². The topological polar surface area (TPSA) is 83.0 Å². The number of ether oxygens (including phenoxy) is 1. The molecule has 0 spiro atoms. The summed E-state index contributed by atoms with van der Waals surface area (Å²) in [5.41, 5.74) is 0.270. The summed E-state index contributed by atoms with van der Waals surface area (Å²) in [6, 6.07) is 5.12. The van der Waals surface area contributed by atoms with Crippen LogP contribution in [0.25, 0.3) is 10.9 Å². The molecular formula is C20H25ClN4O3S. The lowest BCUT2D eigenvalue weighted by molar-refractivity contribution is 0.189. The standard InChI is InChI=1S/C20H25ClN4O3S/c1-12(16-23-18(24-28-16)20(2,3)4)29-19-22-15-11-13(21)7-8-14(15)17(26)25(19)9-6-10-27-5/h7-8,11-12H,6,9-10H2,1-5H3/t12-/m1/s1. The van der Waals surface area contributed by atoms with Crippen molar-refractivity contribution in [2.75, 3.05) is 13.7 Å². The Kier molecular flexibility index (Phi) is 6.65. The normalized spacial score (nSPS) is 13.2. The molecule has 0 amide bonds. The molecule has 3 aromatic rings. The first-order valence-corrected chi connectivity index (χ1v) is 10.7. The zero-order valence-corrected chi connectivity index (χ0v) is 18.8. The van der Waals surface area contributed by atoms with Gasteiger partial charge in [-0.2, -0.15) is 4.98 Å². The van der Waals surface area contributed by atoms with E-state index in [1.807, 2.05) is 27.7 Å². The Morgan fingerprint density at radius 1 is 1.31 bits per heavy atom. The fourth-order valence-corrected chi connectivity index (χ4v) is 3.87. The highest BCUT2D eigenvalue weighted by Crippen LogP contribution is 2.34. The first kappa shape index (κ1) is 21.8. The Labute approximate surface area is 178 Å². The van der Waals surface area contributed by atoms with Crippen LogP contribution in [-0.2, 0) is 16.7 Å². The molecule has 7 nitrogen and oxygen atoms in total. The molecule has 0 unspecified atom stereocenters. The van der Waals surface area contributed by atoms with E-state index in [2.05, 4.69) is 10.1 Å². The number of hydrogen-bond donors (Lipinski definition) is 0. The van der Waals surface area contributed by atoms with Gasteiger partial charge in [-0.25, -0.2) is 4.98 Å². The monoisotopic (exact) mass is 436 g/mol. The summed E-state index contributed by atoms with van der Waals surface area (Å²) in [4.78, 5) is 22.3. The molecule has 0 radical (unpaired) electrons. The lowest BCUT2D eigenvalue weighted by atomic mass is 9.96. The SMILES string of the molecule is COCCCn1c(S[C@H](C)c2nc(C(C)(C)C)no2)nc2cc(Cl)ccc2c1=O. The number of nitrogens with zero attached hydrogens (tertiary/aromatic N) is 4. The van der Waals surface area contributed by atoms with Crippen molar-refractivity contribution in [2.24, 2.45) is 0 Å². The van der Waals surface area contributed by atoms with Gasteiger partial charge in [-0.3, -0.25) is 9.36 Å². The Hall–Kier alpha value is -1.90. The minimum Gasteiger partial charge on any atom is -0.385 e. The molecule has 1 atom stereocenters. The van der Waals surface area contributed by atoms with E-state index in [-0.39, 0.29) is 16.2 Å². The van der Waals surface area contributed by atoms with Gasteiger partial charge in [0, 0.05) is 30.7 Å². The smallest absolute Gasteiger partial charge is 0.262 e. The molecule has 0 saturated carbocycles. The molecule has 0 aliphatic heterocycles. The van der Waals surface area contributed by atoms with Gasteiger partial charge in [0.25, 0.3) is 5.56 Å². The van der Waals surface area contributed by atoms with Gasteiger partial charge in [0.2, 0.25) is 5.89 Å². The van der Waals surface area contributed by atoms with Crippen molar-refractivity contribution in [1.29, 1.82) is 0 Å². The highest BCUT2D eigenvalue weighted by molar-refractivity contribution is 7.99. The minimum absolute atomic E-state index is 0.0987. The average molecular weight is 437 g/mol. The molecule has 29 heavy (non-hydrogen) atoms. The highest BCUT2D eigenvalue weighted by Gasteiger charge is 2.25. The van der Waals surface area contributed by atoms with Gasteiger partial charge in [0.1, 0.15) is 0 Å². The molecule has 0 N–H and O–H groups in total. The van der Waals surface area contributed by atoms with E-state index < -0.39 is 0 Å². The molecule has 156 valence electrons. The summed E-state index contributed by atoms with van der Waals surface area (Å²) in [7, 11) is 1.64. The number of fused-ring (bicyclic) bond motifs is 1. The van der Waals surface area contributed by atoms with Crippen molar-refractivity contribution in [3.05, 3.63) is 45.3 Å². The fourth-order valence-electron chi connectivity index (χ4n) is 2.74. The predicted octanol–water partition coefficient (Wildman–Crippen LogP) is 4.62. The van der Waals surface area contributed by atoms with Crippen molar-refractivity contribution in [3.8, 4) is 0 Å². The van der Waals surface area contributed by atoms with Crippen molar-refractivity contribution in [2.45, 2.75) is 56.5 Å². The maximum Gasteiger partial charge on any atom is 0.262 e. The van der Waals surface area contributed by atoms with Crippen LogP contribution in [0.1, 0.15) is 51.1 Å². The number of benzene rings is 1. The molecule has 3 rings (SSSR count). The van der Waals surface area contributed by atoms with Gasteiger partial charge < -0.3 is 9.26 Å². The van der Waals surface area contributed by atoms with Crippen LogP contribution in [0.4, 0.5) is 0 Å². The van der Waals surface area contributed by atoms with E-state index >= 15 is 0 Å². The van der Waals surface area contributed by atoms with Gasteiger partial charge in [0.15, 0.2) is 11.0 Å². The lowest BCUT2D eigenvalue weighted by Gasteiger charge is -2.15. The van der Waals surface area contributed by atoms with E-state index in [9.17, 15) is 4.79 Å². The Morgan fingerprint density at radius 3 is 2.72 bits per heavy atom. The van der Waals surface area contributed by atoms with Crippen molar-refractivity contribution >= 4 is 34.3 Å². The summed E-state index contributed by atoms with van der Waals surface area (Å²) in [6.45, 7) is 9.11. The van der Waals surface area contributed by atoms with Gasteiger partial charge in [-0.05, 0) is 31.5 Å². The largest absolute Gasteiger partial charge is 0.385 e. The van der Waals surface area contributed by atoms with Gasteiger partial charge in [0.05, 0.1) is 16.2 Å². The third kappa shape index (κ3) is 4.99. The van der Waals surface area contributed by atoms with Crippen LogP contribution in [0.2, 0.25) is 5.02 Å². The Balaban J connectivity index is 1.98. The third-order valence-corrected chi connectivity index (χ3v) is 5.67. The average Bonchev–Trinajstić information content (AvgIpc) is 3.15. The first-order valence-electron chi connectivity index (χ1n) is 9.40. The van der Waals surface area contributed by atoms with Gasteiger partial charge in [-0.1, -0.05) is 49.3 Å². The van der Waals surface area contributed by atoms with Crippen LogP contribution < -0.4 is 5.56 Å². The maximum absolute atomic E-state index is 13.1. The van der Waals surface area contributed by atoms with E-state index in [0.717, 1.165) is 0 Å². The second-order valence-corrected chi connectivity index (χ2v) is 9.57. The molecule has 2 heterocycles. The summed E-state index contributed by atoms with van der Waals surface area (Å²) < 4.78 is 12.3. The van der Waals surface area contributed by atoms with E-state index in [1.165, 1.54) is 11.8 Å². The minimum atomic E-state index is -0.202. The first-order chi connectivity index (χ1) is 13.7. The Bertz CT molecular complexity index is 1060. The molecule has 0 bridgehead atoms. The number of rotatable bonds is 7. The van der Waals surface area contributed by atoms with Crippen molar-refractivity contribution in [1.82, 2.24) is 19.7 Å². The molecule has 9 heteroatoms. The second kappa shape index (κ2) is 8.85. The van der Waals surface area contributed by atoms with E-state index in [1.54, 1.807) is 29.9 Å². The maximum atomic E-state index is 13.1. The molecule has 1 aromatic carbocycles. The lowest BCUT2D eigenvalue weighted by Crippen LogP contribution is -2.24. The number of aromatic nitrogens is 4. The molecule has 0 fully saturated rings. The van der Waals surface area contributed by atoms with E-state index in [4.69, 9.17) is 25.8 Å². The number of thioether (sulfide) groups is 1. The molecule has 0 saturated heterocycles. The van der Waals surface area contributed by atoms with Crippen LogP contribution >= 0.6 is 23.4 Å². The van der Waals surface area contributed by atoms with Crippen molar-refractivity contribution < 1.29 is 9.26 Å². The summed E-state index contributed by atoms with van der Waals surface area (Å²) in [6.07, 6.45) is 0.702. The van der Waals surface area contributed by atoms with Crippen molar-refractivity contribution in [3.63, 3.8) is 0 Å². The van der Waals surface area contributed by atoms with Crippen LogP contribution in [0.5, 0.6) is 0 Å². The molecule has 0 aliphatic rings. The number of halogens is 1. The van der Waals surface area contributed by atoms with Crippen LogP contribution in [0.3, 0.4) is 0 Å². The molecular weight excluding hydrogens is 412 g/mol. The number of methoxy groups -OCH3 is 1. The van der Waals surface area contributed by atoms with E-state index in [0.29, 0.717) is 52.4 Å². The second-order valence-electron chi connectivity index (χ2n) is 7.83. The molecule has 0 aliphatic carbocycles. The summed E-state index contributed by atoms with van der Waals surface area (Å²) in [5.74, 6) is 1.15.